The average molecular weight is 398 g/mol. The van der Waals surface area contributed by atoms with Gasteiger partial charge in [-0.15, -0.1) is 0 Å². The lowest BCUT2D eigenvalue weighted by Gasteiger charge is -2.23. The van der Waals surface area contributed by atoms with Gasteiger partial charge in [-0.25, -0.2) is 4.39 Å². The highest BCUT2D eigenvalue weighted by Gasteiger charge is 2.46. The molecule has 0 unspecified atom stereocenters. The Labute approximate surface area is 170 Å². The molecule has 2 aromatic carbocycles. The minimum atomic E-state index is -0.203. The van der Waals surface area contributed by atoms with Gasteiger partial charge in [-0.2, -0.15) is 0 Å². The van der Waals surface area contributed by atoms with E-state index < -0.39 is 0 Å². The fourth-order valence-electron chi connectivity index (χ4n) is 4.67. The van der Waals surface area contributed by atoms with Crippen molar-refractivity contribution in [1.82, 2.24) is 10.2 Å². The molecule has 1 aliphatic carbocycles. The van der Waals surface area contributed by atoms with Gasteiger partial charge in [0.25, 0.3) is 0 Å². The van der Waals surface area contributed by atoms with Gasteiger partial charge in [0.1, 0.15) is 12.4 Å². The molecular weight excluding hydrogens is 371 g/mol. The van der Waals surface area contributed by atoms with Crippen molar-refractivity contribution >= 4 is 5.91 Å². The lowest BCUT2D eigenvalue weighted by atomic mass is 9.94. The average Bonchev–Trinajstić information content (AvgIpc) is 3.23. The van der Waals surface area contributed by atoms with Crippen LogP contribution in [0.5, 0.6) is 0 Å². The summed E-state index contributed by atoms with van der Waals surface area (Å²) in [6.07, 6.45) is 0. The highest BCUT2D eigenvalue weighted by atomic mass is 19.1. The summed E-state index contributed by atoms with van der Waals surface area (Å²) in [5.41, 5.74) is 3.49. The van der Waals surface area contributed by atoms with Crippen molar-refractivity contribution in [2.24, 2.45) is 5.92 Å². The first-order chi connectivity index (χ1) is 14.2. The third-order valence-corrected chi connectivity index (χ3v) is 5.88. The van der Waals surface area contributed by atoms with Crippen LogP contribution in [0.4, 0.5) is 4.39 Å². The smallest absolute Gasteiger partial charge is 0.246 e. The van der Waals surface area contributed by atoms with Gasteiger partial charge in [0.15, 0.2) is 0 Å². The van der Waals surface area contributed by atoms with Gasteiger partial charge >= 0.3 is 0 Å². The quantitative estimate of drug-likeness (QED) is 0.695. The van der Waals surface area contributed by atoms with E-state index in [0.29, 0.717) is 31.6 Å². The topological polar surface area (TPSA) is 50.8 Å². The van der Waals surface area contributed by atoms with Crippen LogP contribution in [0.25, 0.3) is 0 Å². The third kappa shape index (κ3) is 4.50. The first kappa shape index (κ1) is 20.0. The molecule has 2 aliphatic rings. The van der Waals surface area contributed by atoms with Crippen LogP contribution in [0.15, 0.2) is 48.5 Å². The Kier molecular flexibility index (Phi) is 6.23. The molecule has 1 N–H and O–H groups in total. The van der Waals surface area contributed by atoms with Crippen molar-refractivity contribution in [2.75, 3.05) is 40.0 Å². The Morgan fingerprint density at radius 3 is 2.76 bits per heavy atom. The van der Waals surface area contributed by atoms with Gasteiger partial charge in [0, 0.05) is 38.6 Å². The van der Waals surface area contributed by atoms with Crippen LogP contribution >= 0.6 is 0 Å². The molecule has 6 heteroatoms. The number of carbonyl (C=O) groups excluding carboxylic acids is 1. The number of rotatable bonds is 8. The second kappa shape index (κ2) is 9.03. The van der Waals surface area contributed by atoms with E-state index in [1.54, 1.807) is 19.2 Å². The van der Waals surface area contributed by atoms with Crippen LogP contribution < -0.4 is 5.32 Å². The van der Waals surface area contributed by atoms with Gasteiger partial charge in [-0.1, -0.05) is 36.4 Å². The zero-order valence-electron chi connectivity index (χ0n) is 16.6. The molecule has 0 saturated carbocycles. The predicted molar refractivity (Wildman–Crippen MR) is 108 cm³/mol. The predicted octanol–water partition coefficient (Wildman–Crippen LogP) is 2.88. The molecule has 0 spiro atoms. The molecule has 2 aromatic rings. The Hall–Kier alpha value is -2.28. The van der Waals surface area contributed by atoms with Crippen molar-refractivity contribution < 1.29 is 18.7 Å². The number of likely N-dealkylation sites (tertiary alicyclic amines) is 1. The minimum absolute atomic E-state index is 0.0211. The van der Waals surface area contributed by atoms with Crippen molar-refractivity contribution in [2.45, 2.75) is 18.5 Å². The largest absolute Gasteiger partial charge is 0.382 e. The van der Waals surface area contributed by atoms with E-state index in [4.69, 9.17) is 9.47 Å². The van der Waals surface area contributed by atoms with Gasteiger partial charge in [0.2, 0.25) is 5.91 Å². The summed E-state index contributed by atoms with van der Waals surface area (Å²) in [7, 11) is 1.61. The van der Waals surface area contributed by atoms with Gasteiger partial charge < -0.3 is 14.8 Å². The summed E-state index contributed by atoms with van der Waals surface area (Å²) < 4.78 is 23.9. The maximum Gasteiger partial charge on any atom is 0.246 e. The number of nitrogens with zero attached hydrogens (tertiary/aromatic N) is 1. The van der Waals surface area contributed by atoms with E-state index in [1.807, 2.05) is 12.1 Å². The molecule has 154 valence electrons. The standard InChI is InChI=1S/C23H27FN2O3/c1-28-9-10-29-15-22(27)25-23-19-8-3-2-7-18(19)20-13-26(14-21(20)23)12-16-5-4-6-17(24)11-16/h2-8,11,20-21,23H,9-10,12-15H2,1H3,(H,25,27)/t20-,21-,23+/m0/s1. The second-order valence-electron chi connectivity index (χ2n) is 7.81. The lowest BCUT2D eigenvalue weighted by Crippen LogP contribution is -2.36. The molecule has 29 heavy (non-hydrogen) atoms. The van der Waals surface area contributed by atoms with E-state index in [-0.39, 0.29) is 24.4 Å². The fraction of sp³-hybridized carbons (Fsp3) is 0.435. The number of halogens is 1. The Bertz CT molecular complexity index is 860. The fourth-order valence-corrected chi connectivity index (χ4v) is 4.67. The number of nitrogens with one attached hydrogen (secondary N) is 1. The highest BCUT2D eigenvalue weighted by molar-refractivity contribution is 5.78. The number of carbonyl (C=O) groups is 1. The summed E-state index contributed by atoms with van der Waals surface area (Å²) >= 11 is 0. The molecular formula is C23H27FN2O3. The Balaban J connectivity index is 1.44. The molecule has 5 nitrogen and oxygen atoms in total. The van der Waals surface area contributed by atoms with Gasteiger partial charge in [0.05, 0.1) is 19.3 Å². The number of hydrogen-bond acceptors (Lipinski definition) is 4. The SMILES string of the molecule is COCCOCC(=O)N[C@@H]1c2ccccc2[C@@H]2CN(Cc3cccc(F)c3)C[C@H]12. The molecule has 3 atom stereocenters. The van der Waals surface area contributed by atoms with Crippen LogP contribution in [-0.2, 0) is 20.8 Å². The van der Waals surface area contributed by atoms with E-state index >= 15 is 0 Å². The number of ether oxygens (including phenoxy) is 2. The summed E-state index contributed by atoms with van der Waals surface area (Å²) in [5.74, 6) is 0.374. The third-order valence-electron chi connectivity index (χ3n) is 5.88. The van der Waals surface area contributed by atoms with Crippen LogP contribution in [0.2, 0.25) is 0 Å². The van der Waals surface area contributed by atoms with Gasteiger partial charge in [-0.3, -0.25) is 9.69 Å². The molecule has 1 fully saturated rings. The molecule has 1 saturated heterocycles. The van der Waals surface area contributed by atoms with E-state index in [1.165, 1.54) is 17.2 Å². The number of fused-ring (bicyclic) bond motifs is 3. The summed E-state index contributed by atoms with van der Waals surface area (Å²) in [4.78, 5) is 14.8. The number of hydrogen-bond donors (Lipinski definition) is 1. The first-order valence-corrected chi connectivity index (χ1v) is 10.1. The van der Waals surface area contributed by atoms with Crippen LogP contribution in [0.1, 0.15) is 28.7 Å². The first-order valence-electron chi connectivity index (χ1n) is 10.1. The molecule has 0 radical (unpaired) electrons. The van der Waals surface area contributed by atoms with E-state index in [2.05, 4.69) is 28.4 Å². The molecule has 1 heterocycles. The van der Waals surface area contributed by atoms with Crippen LogP contribution in [0.3, 0.4) is 0 Å². The highest BCUT2D eigenvalue weighted by Crippen LogP contribution is 2.49. The Morgan fingerprint density at radius 1 is 1.14 bits per heavy atom. The van der Waals surface area contributed by atoms with Crippen molar-refractivity contribution in [3.05, 3.63) is 71.0 Å². The zero-order valence-corrected chi connectivity index (χ0v) is 16.6. The summed E-state index contributed by atoms with van der Waals surface area (Å²) in [6.45, 7) is 3.40. The summed E-state index contributed by atoms with van der Waals surface area (Å²) in [6, 6.07) is 15.1. The molecule has 1 amide bonds. The maximum atomic E-state index is 13.5. The zero-order chi connectivity index (χ0) is 20.2. The number of methoxy groups -OCH3 is 1. The lowest BCUT2D eigenvalue weighted by molar-refractivity contribution is -0.127. The van der Waals surface area contributed by atoms with Crippen LogP contribution in [-0.4, -0.2) is 50.8 Å². The van der Waals surface area contributed by atoms with Crippen LogP contribution in [0, 0.1) is 11.7 Å². The van der Waals surface area contributed by atoms with E-state index in [0.717, 1.165) is 18.7 Å². The number of benzene rings is 2. The van der Waals surface area contributed by atoms with Crippen molar-refractivity contribution in [3.8, 4) is 0 Å². The van der Waals surface area contributed by atoms with Crippen molar-refractivity contribution in [3.63, 3.8) is 0 Å². The molecule has 0 bridgehead atoms. The van der Waals surface area contributed by atoms with Gasteiger partial charge in [-0.05, 0) is 28.8 Å². The normalized spacial score (nSPS) is 23.0. The maximum absolute atomic E-state index is 13.5. The minimum Gasteiger partial charge on any atom is -0.382 e. The molecule has 4 rings (SSSR count). The van der Waals surface area contributed by atoms with E-state index in [9.17, 15) is 9.18 Å². The summed E-state index contributed by atoms with van der Waals surface area (Å²) in [5, 5.41) is 3.19. The molecule has 1 aliphatic heterocycles. The molecule has 0 aromatic heterocycles. The number of amides is 1. The van der Waals surface area contributed by atoms with Crippen molar-refractivity contribution in [1.29, 1.82) is 0 Å². The second-order valence-corrected chi connectivity index (χ2v) is 7.81. The Morgan fingerprint density at radius 2 is 1.97 bits per heavy atom. The monoisotopic (exact) mass is 398 g/mol.